The van der Waals surface area contributed by atoms with Crippen molar-refractivity contribution in [1.29, 1.82) is 0 Å². The van der Waals surface area contributed by atoms with E-state index in [4.69, 9.17) is 10.5 Å². The van der Waals surface area contributed by atoms with Gasteiger partial charge in [0.05, 0.1) is 6.04 Å². The molecule has 4 nitrogen and oxygen atoms in total. The molecule has 1 aliphatic heterocycles. The van der Waals surface area contributed by atoms with Gasteiger partial charge in [0.2, 0.25) is 5.91 Å². The van der Waals surface area contributed by atoms with E-state index in [9.17, 15) is 4.79 Å². The minimum atomic E-state index is -0.413. The molecule has 1 amide bonds. The van der Waals surface area contributed by atoms with Gasteiger partial charge in [0.15, 0.2) is 0 Å². The van der Waals surface area contributed by atoms with Crippen molar-refractivity contribution < 1.29 is 9.53 Å². The summed E-state index contributed by atoms with van der Waals surface area (Å²) in [4.78, 5) is 12.0. The Kier molecular flexibility index (Phi) is 8.26. The van der Waals surface area contributed by atoms with Crippen LogP contribution in [0.5, 0.6) is 0 Å². The standard InChI is InChI=1S/C15H21BrN2O2.ClH/c16-13-3-1-11(2-4-13)5-8-18-15(19)14(17)12-6-9-20-10-7-12;/h1-4,12,14H,5-10,17H2,(H,18,19);1H. The summed E-state index contributed by atoms with van der Waals surface area (Å²) in [5.41, 5.74) is 7.22. The zero-order valence-electron chi connectivity index (χ0n) is 11.9. The molecule has 0 bridgehead atoms. The van der Waals surface area contributed by atoms with E-state index in [1.54, 1.807) is 0 Å². The van der Waals surface area contributed by atoms with E-state index in [-0.39, 0.29) is 24.2 Å². The highest BCUT2D eigenvalue weighted by atomic mass is 79.9. The van der Waals surface area contributed by atoms with Crippen molar-refractivity contribution in [2.45, 2.75) is 25.3 Å². The number of hydrogen-bond donors (Lipinski definition) is 2. The van der Waals surface area contributed by atoms with Crippen molar-refractivity contribution >= 4 is 34.2 Å². The molecule has 6 heteroatoms. The molecule has 1 fully saturated rings. The Morgan fingerprint density at radius 2 is 1.95 bits per heavy atom. The first kappa shape index (κ1) is 18.4. The quantitative estimate of drug-likeness (QED) is 0.827. The Morgan fingerprint density at radius 1 is 1.33 bits per heavy atom. The van der Waals surface area contributed by atoms with Crippen LogP contribution in [0.4, 0.5) is 0 Å². The highest BCUT2D eigenvalue weighted by Gasteiger charge is 2.26. The smallest absolute Gasteiger partial charge is 0.237 e. The van der Waals surface area contributed by atoms with Crippen molar-refractivity contribution in [2.24, 2.45) is 11.7 Å². The topological polar surface area (TPSA) is 64.4 Å². The van der Waals surface area contributed by atoms with Crippen molar-refractivity contribution in [3.63, 3.8) is 0 Å². The Morgan fingerprint density at radius 3 is 2.57 bits per heavy atom. The molecule has 2 rings (SSSR count). The Balaban J connectivity index is 0.00000220. The molecule has 0 saturated carbocycles. The molecule has 21 heavy (non-hydrogen) atoms. The average Bonchev–Trinajstić information content (AvgIpc) is 2.49. The molecule has 1 aliphatic rings. The van der Waals surface area contributed by atoms with Crippen LogP contribution >= 0.6 is 28.3 Å². The minimum Gasteiger partial charge on any atom is -0.381 e. The number of amides is 1. The van der Waals surface area contributed by atoms with Crippen molar-refractivity contribution in [3.8, 4) is 0 Å². The van der Waals surface area contributed by atoms with Gasteiger partial charge in [-0.05, 0) is 42.9 Å². The first-order valence-electron chi connectivity index (χ1n) is 7.02. The van der Waals surface area contributed by atoms with Gasteiger partial charge in [-0.15, -0.1) is 12.4 Å². The van der Waals surface area contributed by atoms with E-state index in [0.717, 1.165) is 23.7 Å². The van der Waals surface area contributed by atoms with Crippen LogP contribution in [0.3, 0.4) is 0 Å². The average molecular weight is 378 g/mol. The van der Waals surface area contributed by atoms with Gasteiger partial charge >= 0.3 is 0 Å². The van der Waals surface area contributed by atoms with Crippen LogP contribution in [0.2, 0.25) is 0 Å². The fourth-order valence-electron chi connectivity index (χ4n) is 2.39. The van der Waals surface area contributed by atoms with Crippen LogP contribution in [-0.2, 0) is 16.0 Å². The molecule has 1 aromatic rings. The summed E-state index contributed by atoms with van der Waals surface area (Å²) in [5.74, 6) is 0.199. The van der Waals surface area contributed by atoms with Crippen LogP contribution in [0.15, 0.2) is 28.7 Å². The summed E-state index contributed by atoms with van der Waals surface area (Å²) in [6.07, 6.45) is 2.57. The van der Waals surface area contributed by atoms with Crippen molar-refractivity contribution in [3.05, 3.63) is 34.3 Å². The molecule has 0 spiro atoms. The SMILES string of the molecule is Cl.NC(C(=O)NCCc1ccc(Br)cc1)C1CCOCC1. The third-order valence-corrected chi connectivity index (χ3v) is 4.23. The second-order valence-electron chi connectivity index (χ2n) is 5.14. The number of hydrogen-bond acceptors (Lipinski definition) is 3. The van der Waals surface area contributed by atoms with E-state index in [1.807, 2.05) is 12.1 Å². The number of nitrogens with one attached hydrogen (secondary N) is 1. The van der Waals surface area contributed by atoms with E-state index in [0.29, 0.717) is 19.8 Å². The van der Waals surface area contributed by atoms with Gasteiger partial charge in [0, 0.05) is 24.2 Å². The minimum absolute atomic E-state index is 0. The first-order valence-corrected chi connectivity index (χ1v) is 7.81. The number of benzene rings is 1. The highest BCUT2D eigenvalue weighted by molar-refractivity contribution is 9.10. The van der Waals surface area contributed by atoms with Crippen molar-refractivity contribution in [2.75, 3.05) is 19.8 Å². The molecule has 3 N–H and O–H groups in total. The Hall–Kier alpha value is -0.620. The molecule has 1 atom stereocenters. The number of nitrogens with two attached hydrogens (primary N) is 1. The number of rotatable bonds is 5. The molecule has 0 radical (unpaired) electrons. The predicted molar refractivity (Wildman–Crippen MR) is 89.6 cm³/mol. The lowest BCUT2D eigenvalue weighted by molar-refractivity contribution is -0.124. The molecule has 1 saturated heterocycles. The van der Waals surface area contributed by atoms with Gasteiger partial charge in [-0.2, -0.15) is 0 Å². The highest BCUT2D eigenvalue weighted by Crippen LogP contribution is 2.17. The predicted octanol–water partition coefficient (Wildman–Crippen LogP) is 2.28. The number of carbonyl (C=O) groups excluding carboxylic acids is 1. The maximum absolute atomic E-state index is 12.0. The number of halogens is 2. The number of ether oxygens (including phenoxy) is 1. The largest absolute Gasteiger partial charge is 0.381 e. The van der Waals surface area contributed by atoms with E-state index < -0.39 is 6.04 Å². The van der Waals surface area contributed by atoms with Gasteiger partial charge in [-0.25, -0.2) is 0 Å². The maximum atomic E-state index is 12.0. The van der Waals surface area contributed by atoms with E-state index in [1.165, 1.54) is 5.56 Å². The van der Waals surface area contributed by atoms with Crippen LogP contribution < -0.4 is 11.1 Å². The normalized spacial score (nSPS) is 16.9. The third-order valence-electron chi connectivity index (χ3n) is 3.70. The molecule has 118 valence electrons. The molecule has 0 aliphatic carbocycles. The fourth-order valence-corrected chi connectivity index (χ4v) is 2.65. The molecular formula is C15H22BrClN2O2. The molecular weight excluding hydrogens is 356 g/mol. The summed E-state index contributed by atoms with van der Waals surface area (Å²) >= 11 is 3.40. The summed E-state index contributed by atoms with van der Waals surface area (Å²) in [6.45, 7) is 2.05. The fraction of sp³-hybridized carbons (Fsp3) is 0.533. The van der Waals surface area contributed by atoms with Gasteiger partial charge in [0.25, 0.3) is 0 Å². The maximum Gasteiger partial charge on any atom is 0.237 e. The van der Waals surface area contributed by atoms with Gasteiger partial charge < -0.3 is 15.8 Å². The van der Waals surface area contributed by atoms with Gasteiger partial charge in [0.1, 0.15) is 0 Å². The lowest BCUT2D eigenvalue weighted by Crippen LogP contribution is -2.47. The summed E-state index contributed by atoms with van der Waals surface area (Å²) in [6, 6.07) is 7.70. The Bertz CT molecular complexity index is 436. The molecule has 1 heterocycles. The van der Waals surface area contributed by atoms with Crippen LogP contribution in [0.1, 0.15) is 18.4 Å². The monoisotopic (exact) mass is 376 g/mol. The van der Waals surface area contributed by atoms with E-state index >= 15 is 0 Å². The number of carbonyl (C=O) groups is 1. The van der Waals surface area contributed by atoms with Crippen LogP contribution in [0.25, 0.3) is 0 Å². The van der Waals surface area contributed by atoms with Gasteiger partial charge in [-0.3, -0.25) is 4.79 Å². The zero-order valence-corrected chi connectivity index (χ0v) is 14.3. The Labute approximate surface area is 140 Å². The van der Waals surface area contributed by atoms with Crippen LogP contribution in [-0.4, -0.2) is 31.7 Å². The lowest BCUT2D eigenvalue weighted by atomic mass is 9.92. The second kappa shape index (κ2) is 9.41. The first-order chi connectivity index (χ1) is 9.66. The second-order valence-corrected chi connectivity index (χ2v) is 6.06. The lowest BCUT2D eigenvalue weighted by Gasteiger charge is -2.26. The molecule has 0 aromatic heterocycles. The zero-order chi connectivity index (χ0) is 14.4. The van der Waals surface area contributed by atoms with E-state index in [2.05, 4.69) is 33.4 Å². The third kappa shape index (κ3) is 5.94. The van der Waals surface area contributed by atoms with Gasteiger partial charge in [-0.1, -0.05) is 28.1 Å². The molecule has 1 unspecified atom stereocenters. The van der Waals surface area contributed by atoms with Crippen LogP contribution in [0, 0.1) is 5.92 Å². The summed E-state index contributed by atoms with van der Waals surface area (Å²) < 4.78 is 6.35. The molecule has 1 aromatic carbocycles. The van der Waals surface area contributed by atoms with Crippen molar-refractivity contribution in [1.82, 2.24) is 5.32 Å². The summed E-state index contributed by atoms with van der Waals surface area (Å²) in [7, 11) is 0. The summed E-state index contributed by atoms with van der Waals surface area (Å²) in [5, 5.41) is 2.93.